The Morgan fingerprint density at radius 2 is 2.00 bits per heavy atom. The zero-order chi connectivity index (χ0) is 11.9. The van der Waals surface area contributed by atoms with E-state index in [9.17, 15) is 4.79 Å². The van der Waals surface area contributed by atoms with Gasteiger partial charge in [-0.2, -0.15) is 0 Å². The summed E-state index contributed by atoms with van der Waals surface area (Å²) in [7, 11) is 0. The van der Waals surface area contributed by atoms with Crippen LogP contribution in [0.2, 0.25) is 0 Å². The summed E-state index contributed by atoms with van der Waals surface area (Å²) in [6.45, 7) is 8.35. The van der Waals surface area contributed by atoms with Crippen LogP contribution >= 0.6 is 0 Å². The maximum atomic E-state index is 11.2. The molecule has 1 unspecified atom stereocenters. The Kier molecular flexibility index (Phi) is 6.32. The number of aliphatic hydroxyl groups is 1. The van der Waals surface area contributed by atoms with Gasteiger partial charge in [0.05, 0.1) is 0 Å². The van der Waals surface area contributed by atoms with Crippen LogP contribution in [-0.4, -0.2) is 30.0 Å². The van der Waals surface area contributed by atoms with Gasteiger partial charge in [0.2, 0.25) is 0 Å². The highest BCUT2D eigenvalue weighted by Crippen LogP contribution is 2.07. The molecule has 0 aromatic carbocycles. The van der Waals surface area contributed by atoms with E-state index < -0.39 is 5.60 Å². The van der Waals surface area contributed by atoms with Gasteiger partial charge in [0.15, 0.2) is 0 Å². The van der Waals surface area contributed by atoms with E-state index >= 15 is 0 Å². The van der Waals surface area contributed by atoms with Crippen molar-refractivity contribution in [1.82, 2.24) is 5.32 Å². The third-order valence-corrected chi connectivity index (χ3v) is 1.93. The number of carbonyl (C=O) groups excluding carboxylic acids is 1. The molecule has 1 atom stereocenters. The number of carbonyl (C=O) groups is 1. The molecule has 15 heavy (non-hydrogen) atoms. The normalized spacial score (nSPS) is 13.4. The van der Waals surface area contributed by atoms with Crippen molar-refractivity contribution in [3.05, 3.63) is 0 Å². The Labute approximate surface area is 92.0 Å². The van der Waals surface area contributed by atoms with E-state index in [1.807, 2.05) is 27.7 Å². The summed E-state index contributed by atoms with van der Waals surface area (Å²) in [6, 6.07) is 0. The van der Waals surface area contributed by atoms with Gasteiger partial charge in [0.25, 0.3) is 0 Å². The molecule has 0 aliphatic heterocycles. The number of aliphatic hydroxyl groups excluding tert-OH is 1. The summed E-state index contributed by atoms with van der Waals surface area (Å²) in [5, 5.41) is 11.4. The first-order valence-electron chi connectivity index (χ1n) is 5.43. The minimum atomic E-state index is -0.444. The fourth-order valence-electron chi connectivity index (χ4n) is 1.10. The Morgan fingerprint density at radius 3 is 2.47 bits per heavy atom. The Morgan fingerprint density at radius 1 is 1.40 bits per heavy atom. The van der Waals surface area contributed by atoms with Gasteiger partial charge in [-0.15, -0.1) is 0 Å². The van der Waals surface area contributed by atoms with Crippen molar-refractivity contribution in [2.75, 3.05) is 13.2 Å². The zero-order valence-electron chi connectivity index (χ0n) is 10.2. The summed E-state index contributed by atoms with van der Waals surface area (Å²) < 4.78 is 5.08. The number of amides is 1. The fourth-order valence-corrected chi connectivity index (χ4v) is 1.10. The van der Waals surface area contributed by atoms with Gasteiger partial charge in [-0.25, -0.2) is 4.79 Å². The first-order valence-corrected chi connectivity index (χ1v) is 5.43. The first-order chi connectivity index (χ1) is 6.85. The van der Waals surface area contributed by atoms with Crippen LogP contribution in [0.15, 0.2) is 0 Å². The molecule has 0 spiro atoms. The first kappa shape index (κ1) is 14.2. The molecule has 4 nitrogen and oxygen atoms in total. The van der Waals surface area contributed by atoms with E-state index in [4.69, 9.17) is 9.84 Å². The van der Waals surface area contributed by atoms with Crippen molar-refractivity contribution in [2.24, 2.45) is 5.92 Å². The van der Waals surface area contributed by atoms with Crippen molar-refractivity contribution in [3.63, 3.8) is 0 Å². The van der Waals surface area contributed by atoms with Crippen LogP contribution in [0.4, 0.5) is 4.79 Å². The quantitative estimate of drug-likeness (QED) is 0.739. The lowest BCUT2D eigenvalue weighted by atomic mass is 10.1. The molecule has 0 heterocycles. The molecule has 0 aliphatic rings. The van der Waals surface area contributed by atoms with E-state index in [1.54, 1.807) is 0 Å². The molecule has 0 rings (SSSR count). The second-order valence-corrected chi connectivity index (χ2v) is 4.83. The van der Waals surface area contributed by atoms with Gasteiger partial charge in [-0.1, -0.05) is 6.92 Å². The molecule has 0 fully saturated rings. The van der Waals surface area contributed by atoms with Crippen molar-refractivity contribution >= 4 is 6.09 Å². The van der Waals surface area contributed by atoms with Crippen LogP contribution in [0.5, 0.6) is 0 Å². The molecule has 0 saturated carbocycles. The van der Waals surface area contributed by atoms with Crippen LogP contribution < -0.4 is 5.32 Å². The Bertz CT molecular complexity index is 187. The van der Waals surface area contributed by atoms with E-state index in [2.05, 4.69) is 5.32 Å². The summed E-state index contributed by atoms with van der Waals surface area (Å²) in [5.41, 5.74) is -0.444. The minimum absolute atomic E-state index is 0.202. The van der Waals surface area contributed by atoms with Crippen LogP contribution in [0, 0.1) is 5.92 Å². The van der Waals surface area contributed by atoms with E-state index in [-0.39, 0.29) is 12.7 Å². The van der Waals surface area contributed by atoms with Crippen molar-refractivity contribution in [3.8, 4) is 0 Å². The van der Waals surface area contributed by atoms with Crippen LogP contribution in [0.3, 0.4) is 0 Å². The summed E-state index contributed by atoms with van der Waals surface area (Å²) >= 11 is 0. The van der Waals surface area contributed by atoms with Gasteiger partial charge in [0.1, 0.15) is 5.60 Å². The third-order valence-electron chi connectivity index (χ3n) is 1.93. The second kappa shape index (κ2) is 6.67. The molecular formula is C11H23NO3. The Balaban J connectivity index is 3.55. The number of alkyl carbamates (subject to hydrolysis) is 1. The maximum Gasteiger partial charge on any atom is 0.407 e. The molecular weight excluding hydrogens is 194 g/mol. The van der Waals surface area contributed by atoms with E-state index in [1.165, 1.54) is 0 Å². The second-order valence-electron chi connectivity index (χ2n) is 4.83. The molecule has 0 bridgehead atoms. The highest BCUT2D eigenvalue weighted by atomic mass is 16.6. The lowest BCUT2D eigenvalue weighted by Crippen LogP contribution is -2.33. The average molecular weight is 217 g/mol. The highest BCUT2D eigenvalue weighted by Gasteiger charge is 2.15. The molecule has 0 aliphatic carbocycles. The topological polar surface area (TPSA) is 58.6 Å². The van der Waals surface area contributed by atoms with Crippen LogP contribution in [0.1, 0.15) is 40.5 Å². The standard InChI is InChI=1S/C11H23NO3/c1-9(6-8-13)5-7-12-10(14)15-11(2,3)4/h9,13H,5-8H2,1-4H3,(H,12,14). The number of rotatable bonds is 5. The van der Waals surface area contributed by atoms with Gasteiger partial charge in [0, 0.05) is 13.2 Å². The highest BCUT2D eigenvalue weighted by molar-refractivity contribution is 5.67. The molecule has 0 saturated heterocycles. The molecule has 0 radical (unpaired) electrons. The maximum absolute atomic E-state index is 11.2. The smallest absolute Gasteiger partial charge is 0.407 e. The Hall–Kier alpha value is -0.770. The fraction of sp³-hybridized carbons (Fsp3) is 0.909. The van der Waals surface area contributed by atoms with Crippen LogP contribution in [0.25, 0.3) is 0 Å². The molecule has 1 amide bonds. The van der Waals surface area contributed by atoms with Crippen LogP contribution in [-0.2, 0) is 4.74 Å². The summed E-state index contributed by atoms with van der Waals surface area (Å²) in [5.74, 6) is 0.421. The number of nitrogens with one attached hydrogen (secondary N) is 1. The molecule has 0 aromatic rings. The van der Waals surface area contributed by atoms with Gasteiger partial charge in [-0.3, -0.25) is 0 Å². The van der Waals surface area contributed by atoms with Gasteiger partial charge < -0.3 is 15.2 Å². The van der Waals surface area contributed by atoms with Crippen molar-refractivity contribution in [1.29, 1.82) is 0 Å². The molecule has 4 heteroatoms. The largest absolute Gasteiger partial charge is 0.444 e. The lowest BCUT2D eigenvalue weighted by Gasteiger charge is -2.20. The predicted molar refractivity (Wildman–Crippen MR) is 59.7 cm³/mol. The lowest BCUT2D eigenvalue weighted by molar-refractivity contribution is 0.0525. The van der Waals surface area contributed by atoms with E-state index in [0.29, 0.717) is 12.5 Å². The minimum Gasteiger partial charge on any atom is -0.444 e. The van der Waals surface area contributed by atoms with Crippen molar-refractivity contribution in [2.45, 2.75) is 46.1 Å². The molecule has 90 valence electrons. The number of hydrogen-bond donors (Lipinski definition) is 2. The average Bonchev–Trinajstić information content (AvgIpc) is 2.00. The van der Waals surface area contributed by atoms with Crippen molar-refractivity contribution < 1.29 is 14.6 Å². The third kappa shape index (κ3) is 9.53. The molecule has 2 N–H and O–H groups in total. The number of ether oxygens (including phenoxy) is 1. The summed E-state index contributed by atoms with van der Waals surface area (Å²) in [4.78, 5) is 11.2. The summed E-state index contributed by atoms with van der Waals surface area (Å²) in [6.07, 6.45) is 1.26. The molecule has 0 aromatic heterocycles. The SMILES string of the molecule is CC(CCO)CCNC(=O)OC(C)(C)C. The van der Waals surface area contributed by atoms with Gasteiger partial charge >= 0.3 is 6.09 Å². The predicted octanol–water partition coefficient (Wildman–Crippen LogP) is 1.92. The van der Waals surface area contributed by atoms with Gasteiger partial charge in [-0.05, 0) is 39.5 Å². The monoisotopic (exact) mass is 217 g/mol. The zero-order valence-corrected chi connectivity index (χ0v) is 10.2. The number of hydrogen-bond acceptors (Lipinski definition) is 3. The van der Waals surface area contributed by atoms with E-state index in [0.717, 1.165) is 12.8 Å².